The van der Waals surface area contributed by atoms with Crippen molar-refractivity contribution in [1.29, 1.82) is 0 Å². The quantitative estimate of drug-likeness (QED) is 0.855. The molecule has 0 bridgehead atoms. The van der Waals surface area contributed by atoms with Crippen molar-refractivity contribution in [1.82, 2.24) is 4.90 Å². The monoisotopic (exact) mass is 276 g/mol. The zero-order valence-electron chi connectivity index (χ0n) is 11.9. The van der Waals surface area contributed by atoms with Crippen molar-refractivity contribution in [3.8, 4) is 0 Å². The van der Waals surface area contributed by atoms with Crippen LogP contribution in [0.4, 0.5) is 0 Å². The maximum atomic E-state index is 5.70. The Morgan fingerprint density at radius 3 is 2.79 bits per heavy atom. The van der Waals surface area contributed by atoms with Crippen molar-refractivity contribution >= 4 is 17.2 Å². The number of nitrogens with two attached hydrogens (primary N) is 1. The van der Waals surface area contributed by atoms with Gasteiger partial charge in [0.2, 0.25) is 0 Å². The lowest BCUT2D eigenvalue weighted by Gasteiger charge is -2.36. The lowest BCUT2D eigenvalue weighted by molar-refractivity contribution is 0.133. The third-order valence-corrected chi connectivity index (χ3v) is 4.51. The van der Waals surface area contributed by atoms with Gasteiger partial charge >= 0.3 is 0 Å². The van der Waals surface area contributed by atoms with Crippen LogP contribution >= 0.6 is 12.2 Å². The molecule has 0 spiro atoms. The van der Waals surface area contributed by atoms with Crippen LogP contribution in [0.5, 0.6) is 0 Å². The molecule has 2 atom stereocenters. The summed E-state index contributed by atoms with van der Waals surface area (Å²) < 4.78 is 0. The van der Waals surface area contributed by atoms with Crippen LogP contribution < -0.4 is 5.73 Å². The Bertz CT molecular complexity index is 444. The van der Waals surface area contributed by atoms with Crippen LogP contribution in [0.2, 0.25) is 0 Å². The maximum absolute atomic E-state index is 5.70. The van der Waals surface area contributed by atoms with E-state index in [-0.39, 0.29) is 0 Å². The zero-order chi connectivity index (χ0) is 13.8. The molecule has 0 radical (unpaired) electrons. The summed E-state index contributed by atoms with van der Waals surface area (Å²) in [5.74, 6) is 0.803. The molecule has 2 N–H and O–H groups in total. The summed E-state index contributed by atoms with van der Waals surface area (Å²) in [4.78, 5) is 2.97. The SMILES string of the molecule is CC1CCCCC1N(C)Cc1cccc(C(N)=S)c1. The molecule has 0 aliphatic heterocycles. The molecule has 2 nitrogen and oxygen atoms in total. The molecule has 0 amide bonds. The highest BCUT2D eigenvalue weighted by Crippen LogP contribution is 2.28. The van der Waals surface area contributed by atoms with E-state index in [0.29, 0.717) is 11.0 Å². The molecule has 104 valence electrons. The zero-order valence-corrected chi connectivity index (χ0v) is 12.7. The number of thiocarbonyl (C=S) groups is 1. The number of hydrogen-bond acceptors (Lipinski definition) is 2. The predicted molar refractivity (Wildman–Crippen MR) is 85.2 cm³/mol. The first-order valence-corrected chi connectivity index (χ1v) is 7.57. The van der Waals surface area contributed by atoms with E-state index in [2.05, 4.69) is 31.0 Å². The maximum Gasteiger partial charge on any atom is 0.103 e. The normalized spacial score (nSPS) is 23.5. The molecule has 0 aromatic heterocycles. The van der Waals surface area contributed by atoms with Crippen molar-refractivity contribution in [2.24, 2.45) is 11.7 Å². The lowest BCUT2D eigenvalue weighted by Crippen LogP contribution is -2.38. The van der Waals surface area contributed by atoms with Gasteiger partial charge in [-0.1, -0.05) is 50.2 Å². The molecule has 1 aliphatic rings. The van der Waals surface area contributed by atoms with Gasteiger partial charge in [0.05, 0.1) is 0 Å². The minimum Gasteiger partial charge on any atom is -0.389 e. The standard InChI is InChI=1S/C16H24N2S/c1-12-6-3-4-9-15(12)18(2)11-13-7-5-8-14(10-13)16(17)19/h5,7-8,10,12,15H,3-4,6,9,11H2,1-2H3,(H2,17,19). The van der Waals surface area contributed by atoms with Crippen molar-refractivity contribution < 1.29 is 0 Å². The van der Waals surface area contributed by atoms with E-state index in [0.717, 1.165) is 18.0 Å². The average Bonchev–Trinajstić information content (AvgIpc) is 2.39. The highest BCUT2D eigenvalue weighted by Gasteiger charge is 2.24. The summed E-state index contributed by atoms with van der Waals surface area (Å²) in [6, 6.07) is 9.01. The average molecular weight is 276 g/mol. The Hall–Kier alpha value is -0.930. The van der Waals surface area contributed by atoms with E-state index >= 15 is 0 Å². The molecule has 1 aliphatic carbocycles. The molecule has 0 heterocycles. The molecular weight excluding hydrogens is 252 g/mol. The van der Waals surface area contributed by atoms with Gasteiger partial charge in [-0.05, 0) is 37.4 Å². The topological polar surface area (TPSA) is 29.3 Å². The summed E-state index contributed by atoms with van der Waals surface area (Å²) in [5.41, 5.74) is 7.96. The Balaban J connectivity index is 2.03. The fourth-order valence-electron chi connectivity index (χ4n) is 3.18. The van der Waals surface area contributed by atoms with Gasteiger partial charge in [0.25, 0.3) is 0 Å². The molecule has 1 saturated carbocycles. The van der Waals surface area contributed by atoms with Crippen LogP contribution in [0.3, 0.4) is 0 Å². The summed E-state index contributed by atoms with van der Waals surface area (Å²) in [6.45, 7) is 3.36. The van der Waals surface area contributed by atoms with E-state index in [9.17, 15) is 0 Å². The van der Waals surface area contributed by atoms with Gasteiger partial charge in [0.1, 0.15) is 4.99 Å². The molecule has 1 fully saturated rings. The smallest absolute Gasteiger partial charge is 0.103 e. The third-order valence-electron chi connectivity index (χ3n) is 4.28. The second-order valence-electron chi connectivity index (χ2n) is 5.81. The molecule has 0 saturated heterocycles. The molecule has 1 aromatic rings. The second-order valence-corrected chi connectivity index (χ2v) is 6.25. The fraction of sp³-hybridized carbons (Fsp3) is 0.562. The van der Waals surface area contributed by atoms with E-state index < -0.39 is 0 Å². The van der Waals surface area contributed by atoms with Crippen LogP contribution in [0, 0.1) is 5.92 Å². The third kappa shape index (κ3) is 3.77. The van der Waals surface area contributed by atoms with Crippen LogP contribution in [0.15, 0.2) is 24.3 Å². The number of nitrogens with zero attached hydrogens (tertiary/aromatic N) is 1. The van der Waals surface area contributed by atoms with Gasteiger partial charge in [0.15, 0.2) is 0 Å². The molecule has 2 rings (SSSR count). The summed E-state index contributed by atoms with van der Waals surface area (Å²) in [7, 11) is 2.24. The van der Waals surface area contributed by atoms with Crippen molar-refractivity contribution in [3.63, 3.8) is 0 Å². The fourth-order valence-corrected chi connectivity index (χ4v) is 3.31. The Morgan fingerprint density at radius 1 is 1.37 bits per heavy atom. The minimum atomic E-state index is 0.482. The Labute approximate surface area is 122 Å². The minimum absolute atomic E-state index is 0.482. The van der Waals surface area contributed by atoms with Gasteiger partial charge in [-0.25, -0.2) is 0 Å². The summed E-state index contributed by atoms with van der Waals surface area (Å²) in [6.07, 6.45) is 5.45. The van der Waals surface area contributed by atoms with Crippen LogP contribution in [-0.4, -0.2) is 23.0 Å². The number of hydrogen-bond donors (Lipinski definition) is 1. The van der Waals surface area contributed by atoms with Crippen LogP contribution in [0.1, 0.15) is 43.7 Å². The molecule has 1 aromatic carbocycles. The van der Waals surface area contributed by atoms with Crippen molar-refractivity contribution in [2.45, 2.75) is 45.2 Å². The largest absolute Gasteiger partial charge is 0.389 e. The van der Waals surface area contributed by atoms with Crippen LogP contribution in [-0.2, 0) is 6.54 Å². The van der Waals surface area contributed by atoms with Crippen LogP contribution in [0.25, 0.3) is 0 Å². The predicted octanol–water partition coefficient (Wildman–Crippen LogP) is 3.33. The lowest BCUT2D eigenvalue weighted by atomic mass is 9.85. The van der Waals surface area contributed by atoms with Gasteiger partial charge in [-0.2, -0.15) is 0 Å². The van der Waals surface area contributed by atoms with Gasteiger partial charge in [-0.3, -0.25) is 4.90 Å². The number of rotatable bonds is 4. The summed E-state index contributed by atoms with van der Waals surface area (Å²) >= 11 is 5.04. The van der Waals surface area contributed by atoms with E-state index in [4.69, 9.17) is 18.0 Å². The first kappa shape index (κ1) is 14.5. The Kier molecular flexibility index (Phi) is 4.94. The second kappa shape index (κ2) is 6.49. The molecule has 3 heteroatoms. The first-order valence-electron chi connectivity index (χ1n) is 7.17. The van der Waals surface area contributed by atoms with Crippen molar-refractivity contribution in [3.05, 3.63) is 35.4 Å². The number of benzene rings is 1. The molecule has 2 unspecified atom stereocenters. The van der Waals surface area contributed by atoms with E-state index in [1.54, 1.807) is 0 Å². The van der Waals surface area contributed by atoms with Gasteiger partial charge in [-0.15, -0.1) is 0 Å². The van der Waals surface area contributed by atoms with Crippen molar-refractivity contribution in [2.75, 3.05) is 7.05 Å². The molecular formula is C16H24N2S. The highest BCUT2D eigenvalue weighted by molar-refractivity contribution is 7.80. The van der Waals surface area contributed by atoms with E-state index in [1.807, 2.05) is 12.1 Å². The van der Waals surface area contributed by atoms with E-state index in [1.165, 1.54) is 31.2 Å². The first-order chi connectivity index (χ1) is 9.08. The highest BCUT2D eigenvalue weighted by atomic mass is 32.1. The summed E-state index contributed by atoms with van der Waals surface area (Å²) in [5, 5.41) is 0. The molecule has 19 heavy (non-hydrogen) atoms. The van der Waals surface area contributed by atoms with Gasteiger partial charge < -0.3 is 5.73 Å². The Morgan fingerprint density at radius 2 is 2.11 bits per heavy atom. The van der Waals surface area contributed by atoms with Gasteiger partial charge in [0, 0.05) is 18.2 Å².